The van der Waals surface area contributed by atoms with E-state index in [1.807, 2.05) is 76.0 Å². The number of aromatic nitrogens is 3. The number of benzene rings is 2. The number of likely N-dealkylation sites (N-methyl/N-ethyl adjacent to an activating group) is 2. The van der Waals surface area contributed by atoms with E-state index in [1.165, 1.54) is 14.0 Å². The molecule has 0 aliphatic carbocycles. The van der Waals surface area contributed by atoms with Crippen molar-refractivity contribution < 1.29 is 72.3 Å². The van der Waals surface area contributed by atoms with Crippen molar-refractivity contribution in [1.29, 1.82) is 0 Å². The number of amides is 2. The number of nitrogens with one attached hydrogen (secondary N) is 2. The molecule has 6 rings (SSSR count). The molecule has 23 heteroatoms. The van der Waals surface area contributed by atoms with Gasteiger partial charge in [0.1, 0.15) is 34.9 Å². The molecule has 81 heavy (non-hydrogen) atoms. The van der Waals surface area contributed by atoms with Gasteiger partial charge in [-0.15, -0.1) is 5.10 Å². The first-order valence-corrected chi connectivity index (χ1v) is 28.5. The zero-order valence-corrected chi connectivity index (χ0v) is 50.6. The number of aliphatic hydroxyl groups is 3. The van der Waals surface area contributed by atoms with Gasteiger partial charge in [0.2, 0.25) is 0 Å². The Morgan fingerprint density at radius 2 is 1.49 bits per heavy atom. The van der Waals surface area contributed by atoms with Crippen molar-refractivity contribution in [3.8, 4) is 5.75 Å². The van der Waals surface area contributed by atoms with E-state index < -0.39 is 108 Å². The molecule has 2 aromatic carbocycles. The van der Waals surface area contributed by atoms with Crippen molar-refractivity contribution in [2.45, 2.75) is 205 Å². The van der Waals surface area contributed by atoms with Crippen LogP contribution in [0.2, 0.25) is 5.02 Å². The molecule has 18 atom stereocenters. The maximum atomic E-state index is 15.0. The maximum Gasteiger partial charge on any atom is 0.407 e. The SMILES string of the molecule is CC[C@@H]1OC(=O)[C@H](C)[C@H](O[C@H]2C[C@@](C)(OC)[C@@H](OC(=O)NCc3cn(Cc4ccc(Cl)cc4)nn3)[C@H](C)O2)[C@H](C)[C@@H](O[C@@H]2O[C@H](C)C[C@H](N(C)C)[C@H]2O)[C@](C)(O)C[C@@H](C)CN(C)[C@@H](C)[C@H](OC(=O)NCc2ccc(OC)cc2)[C@]1(C)O. The number of alkyl carbamates (subject to hydrolysis) is 2. The van der Waals surface area contributed by atoms with E-state index in [2.05, 4.69) is 20.9 Å². The fraction of sp³-hybridized carbons (Fsp3) is 0.707. The quantitative estimate of drug-likeness (QED) is 0.0806. The number of nitrogens with zero attached hydrogens (tertiary/aromatic N) is 5. The second-order valence-electron chi connectivity index (χ2n) is 23.5. The van der Waals surface area contributed by atoms with Gasteiger partial charge in [-0.05, 0) is 130 Å². The van der Waals surface area contributed by atoms with E-state index in [0.717, 1.165) is 11.1 Å². The van der Waals surface area contributed by atoms with Gasteiger partial charge in [0.05, 0.1) is 62.3 Å². The van der Waals surface area contributed by atoms with Crippen molar-refractivity contribution in [3.05, 3.63) is 76.6 Å². The minimum absolute atomic E-state index is 0.00268. The van der Waals surface area contributed by atoms with Gasteiger partial charge in [-0.3, -0.25) is 9.69 Å². The molecule has 4 heterocycles. The molecule has 1 aromatic heterocycles. The third-order valence-corrected chi connectivity index (χ3v) is 16.7. The van der Waals surface area contributed by atoms with Crippen LogP contribution in [-0.4, -0.2) is 190 Å². The van der Waals surface area contributed by atoms with Gasteiger partial charge in [0.15, 0.2) is 24.8 Å². The average Bonchev–Trinajstić information content (AvgIpc) is 3.88. The van der Waals surface area contributed by atoms with E-state index in [1.54, 1.807) is 83.8 Å². The lowest BCUT2D eigenvalue weighted by atomic mass is 9.77. The first-order valence-electron chi connectivity index (χ1n) is 28.1. The molecule has 0 radical (unpaired) electrons. The van der Waals surface area contributed by atoms with Crippen molar-refractivity contribution >= 4 is 29.8 Å². The summed E-state index contributed by atoms with van der Waals surface area (Å²) >= 11 is 6.05. The molecule has 3 aliphatic heterocycles. The number of hydrogen-bond acceptors (Lipinski definition) is 19. The molecule has 3 saturated heterocycles. The van der Waals surface area contributed by atoms with Crippen LogP contribution in [0, 0.1) is 17.8 Å². The van der Waals surface area contributed by atoms with Crippen LogP contribution in [0.3, 0.4) is 0 Å². The molecule has 0 bridgehead atoms. The molecule has 3 fully saturated rings. The Labute approximate surface area is 482 Å². The average molecular weight is 1160 g/mol. The second-order valence-corrected chi connectivity index (χ2v) is 24.0. The highest BCUT2D eigenvalue weighted by Gasteiger charge is 2.54. The number of aliphatic hydroxyl groups excluding tert-OH is 1. The number of ether oxygens (including phenoxy) is 9. The summed E-state index contributed by atoms with van der Waals surface area (Å²) in [6.07, 6.45) is -9.48. The number of rotatable bonds is 16. The Kier molecular flexibility index (Phi) is 22.8. The van der Waals surface area contributed by atoms with Crippen molar-refractivity contribution in [2.75, 3.05) is 41.9 Å². The number of esters is 1. The number of halogens is 1. The number of cyclic esters (lactones) is 1. The van der Waals surface area contributed by atoms with Gasteiger partial charge in [0.25, 0.3) is 0 Å². The van der Waals surface area contributed by atoms with Gasteiger partial charge in [0, 0.05) is 49.6 Å². The first kappa shape index (κ1) is 65.4. The summed E-state index contributed by atoms with van der Waals surface area (Å²) in [4.78, 5) is 46.1. The third-order valence-electron chi connectivity index (χ3n) is 16.4. The lowest BCUT2D eigenvalue weighted by Gasteiger charge is -2.49. The summed E-state index contributed by atoms with van der Waals surface area (Å²) in [6, 6.07) is 13.5. The predicted molar refractivity (Wildman–Crippen MR) is 300 cm³/mol. The standard InChI is InChI=1S/C58H90ClN7O15/c1-16-45-58(10,72)50(80-54(69)60-28-39-19-23-43(73-14)24-20-39)37(6)65(13)30-33(2)26-56(8,71)49(79-53-47(67)44(64(11)12)25-34(3)75-53)35(4)48(36(5)52(68)77-45)78-46-27-57(9,74-15)51(38(7)76-46)81-55(70)61-29-42-32-66(63-62-42)31-40-17-21-41(59)22-18-40/h17-24,32-38,44-51,53,67,71-72H,16,25-31H2,1-15H3,(H,60,69)(H,61,70)/t33-,34-,35+,36-,37+,38+,44+,45+,46+,47-,48-,49-,50+,51+,53+,56-,57-,58-/m1/s1. The van der Waals surface area contributed by atoms with Crippen LogP contribution in [0.25, 0.3) is 0 Å². The minimum Gasteiger partial charge on any atom is -0.497 e. The Balaban J connectivity index is 1.29. The zero-order valence-electron chi connectivity index (χ0n) is 49.9. The molecule has 0 saturated carbocycles. The van der Waals surface area contributed by atoms with Gasteiger partial charge >= 0.3 is 18.2 Å². The molecule has 0 unspecified atom stereocenters. The summed E-state index contributed by atoms with van der Waals surface area (Å²) in [5.74, 6) is -2.44. The molecular formula is C58H90ClN7O15. The predicted octanol–water partition coefficient (Wildman–Crippen LogP) is 6.07. The smallest absolute Gasteiger partial charge is 0.407 e. The number of methoxy groups -OCH3 is 2. The van der Waals surface area contributed by atoms with Gasteiger partial charge in [-0.1, -0.05) is 61.9 Å². The third kappa shape index (κ3) is 16.8. The Morgan fingerprint density at radius 1 is 0.864 bits per heavy atom. The summed E-state index contributed by atoms with van der Waals surface area (Å²) in [5.41, 5.74) is -2.63. The molecule has 454 valence electrons. The summed E-state index contributed by atoms with van der Waals surface area (Å²) in [5, 5.41) is 52.1. The maximum absolute atomic E-state index is 15.0. The topological polar surface area (TPSA) is 256 Å². The van der Waals surface area contributed by atoms with Crippen LogP contribution in [0.15, 0.2) is 54.7 Å². The highest BCUT2D eigenvalue weighted by Crippen LogP contribution is 2.41. The van der Waals surface area contributed by atoms with E-state index >= 15 is 4.79 Å². The largest absolute Gasteiger partial charge is 0.497 e. The minimum atomic E-state index is -1.97. The van der Waals surface area contributed by atoms with Crippen molar-refractivity contribution in [1.82, 2.24) is 35.4 Å². The Morgan fingerprint density at radius 3 is 2.11 bits per heavy atom. The van der Waals surface area contributed by atoms with E-state index in [4.69, 9.17) is 54.2 Å². The van der Waals surface area contributed by atoms with Crippen LogP contribution >= 0.6 is 11.6 Å². The number of hydrogen-bond donors (Lipinski definition) is 5. The second kappa shape index (κ2) is 28.2. The first-order chi connectivity index (χ1) is 38.1. The van der Waals surface area contributed by atoms with Gasteiger partial charge < -0.3 is 73.5 Å². The van der Waals surface area contributed by atoms with Crippen LogP contribution in [0.1, 0.15) is 112 Å². The van der Waals surface area contributed by atoms with E-state index in [-0.39, 0.29) is 50.4 Å². The van der Waals surface area contributed by atoms with Crippen LogP contribution in [0.4, 0.5) is 9.59 Å². The Hall–Kier alpha value is -4.72. The summed E-state index contributed by atoms with van der Waals surface area (Å²) in [7, 11) is 8.63. The molecule has 22 nitrogen and oxygen atoms in total. The fourth-order valence-electron chi connectivity index (χ4n) is 11.8. The van der Waals surface area contributed by atoms with Crippen LogP contribution in [0.5, 0.6) is 5.75 Å². The molecule has 2 amide bonds. The molecule has 3 aromatic rings. The lowest BCUT2D eigenvalue weighted by Crippen LogP contribution is -2.61. The zero-order chi connectivity index (χ0) is 59.7. The number of carbonyl (C=O) groups is 3. The van der Waals surface area contributed by atoms with E-state index in [9.17, 15) is 24.9 Å². The van der Waals surface area contributed by atoms with Crippen LogP contribution < -0.4 is 15.4 Å². The van der Waals surface area contributed by atoms with Crippen molar-refractivity contribution in [3.63, 3.8) is 0 Å². The van der Waals surface area contributed by atoms with E-state index in [0.29, 0.717) is 36.0 Å². The van der Waals surface area contributed by atoms with Crippen LogP contribution in [-0.2, 0) is 62.3 Å². The lowest BCUT2D eigenvalue weighted by molar-refractivity contribution is -0.317. The fourth-order valence-corrected chi connectivity index (χ4v) is 11.9. The highest BCUT2D eigenvalue weighted by atomic mass is 35.5. The molecule has 3 aliphatic rings. The Bertz CT molecular complexity index is 2490. The molecule has 0 spiro atoms. The normalized spacial score (nSPS) is 35.7. The highest BCUT2D eigenvalue weighted by molar-refractivity contribution is 6.30. The monoisotopic (exact) mass is 1160 g/mol. The molecular weight excluding hydrogens is 1070 g/mol. The van der Waals surface area contributed by atoms with Crippen molar-refractivity contribution in [2.24, 2.45) is 17.8 Å². The summed E-state index contributed by atoms with van der Waals surface area (Å²) in [6.45, 7) is 18.4. The summed E-state index contributed by atoms with van der Waals surface area (Å²) < 4.78 is 58.3. The molecule has 5 N–H and O–H groups in total. The van der Waals surface area contributed by atoms with Gasteiger partial charge in [-0.2, -0.15) is 0 Å². The van der Waals surface area contributed by atoms with Gasteiger partial charge in [-0.25, -0.2) is 14.3 Å². The number of carbonyl (C=O) groups excluding carboxylic acids is 3.